The Hall–Kier alpha value is 0.440. The number of hydrogen-bond acceptors (Lipinski definition) is 0. The first-order valence-corrected chi connectivity index (χ1v) is 14.2. The maximum absolute atomic E-state index is 3.81. The van der Waals surface area contributed by atoms with Crippen LogP contribution in [-0.2, 0) is 0 Å². The Balaban J connectivity index is 1.34. The van der Waals surface area contributed by atoms with Gasteiger partial charge in [0, 0.05) is 9.65 Å². The van der Waals surface area contributed by atoms with Crippen molar-refractivity contribution in [2.45, 2.75) is 99.5 Å². The van der Waals surface area contributed by atoms with Crippen molar-refractivity contribution in [2.75, 3.05) is 0 Å². The van der Waals surface area contributed by atoms with Gasteiger partial charge in [-0.15, -0.1) is 0 Å². The van der Waals surface area contributed by atoms with Gasteiger partial charge in [-0.2, -0.15) is 0 Å². The molecule has 0 radical (unpaired) electrons. The fourth-order valence-corrected chi connectivity index (χ4v) is 7.74. The highest BCUT2D eigenvalue weighted by Crippen LogP contribution is 2.48. The van der Waals surface area contributed by atoms with Crippen LogP contribution in [0.25, 0.3) is 0 Å². The first-order chi connectivity index (χ1) is 13.7. The number of rotatable bonds is 4. The van der Waals surface area contributed by atoms with Crippen LogP contribution in [0.15, 0.2) is 24.3 Å². The minimum atomic E-state index is 0.784. The van der Waals surface area contributed by atoms with Crippen molar-refractivity contribution < 1.29 is 0 Å². The molecule has 0 heterocycles. The quantitative estimate of drug-likeness (QED) is 0.261. The molecule has 4 fully saturated rings. The summed E-state index contributed by atoms with van der Waals surface area (Å²) >= 11 is 7.62. The smallest absolute Gasteiger partial charge is 0.0146 e. The molecule has 0 aromatic carbocycles. The predicted octanol–water partition coefficient (Wildman–Crippen LogP) is 8.84. The average molecular weight is 512 g/mol. The highest BCUT2D eigenvalue weighted by molar-refractivity contribution is 9.09. The third-order valence-corrected chi connectivity index (χ3v) is 10.3. The van der Waals surface area contributed by atoms with Crippen LogP contribution in [-0.4, -0.2) is 9.65 Å². The molecule has 0 bridgehead atoms. The summed E-state index contributed by atoms with van der Waals surface area (Å²) in [5.74, 6) is 5.41. The van der Waals surface area contributed by atoms with Crippen molar-refractivity contribution in [2.24, 2.45) is 35.5 Å². The number of allylic oxidation sites excluding steroid dienone is 4. The minimum Gasteiger partial charge on any atom is -0.0891 e. The van der Waals surface area contributed by atoms with E-state index in [1.54, 1.807) is 0 Å². The van der Waals surface area contributed by atoms with Gasteiger partial charge in [0.2, 0.25) is 0 Å². The molecule has 4 saturated carbocycles. The molecule has 4 aliphatic carbocycles. The molecule has 0 aliphatic heterocycles. The van der Waals surface area contributed by atoms with Gasteiger partial charge in [-0.25, -0.2) is 0 Å². The summed E-state index contributed by atoms with van der Waals surface area (Å²) in [5, 5.41) is 0. The first kappa shape index (κ1) is 21.7. The molecule has 0 nitrogen and oxygen atoms in total. The van der Waals surface area contributed by atoms with E-state index in [1.165, 1.54) is 89.9 Å². The summed E-state index contributed by atoms with van der Waals surface area (Å²) in [6, 6.07) is 0. The van der Waals surface area contributed by atoms with Crippen molar-refractivity contribution >= 4 is 31.9 Å². The van der Waals surface area contributed by atoms with Gasteiger partial charge in [-0.3, -0.25) is 0 Å². The normalized spacial score (nSPS) is 45.4. The largest absolute Gasteiger partial charge is 0.0891 e. The molecule has 4 aliphatic rings. The van der Waals surface area contributed by atoms with E-state index in [9.17, 15) is 0 Å². The highest BCUT2D eigenvalue weighted by atomic mass is 79.9. The van der Waals surface area contributed by atoms with E-state index in [4.69, 9.17) is 0 Å². The number of fused-ring (bicyclic) bond motifs is 1. The van der Waals surface area contributed by atoms with E-state index in [0.29, 0.717) is 0 Å². The standard InChI is InChI=1S/C26H40Br2/c27-23-15-7-19(8-16-23)5-11-21-13-14-22(26-4-2-1-3-25(21)26)12-6-20-9-17-24(28)18-10-20/h5-6,11-12,19-26H,1-4,7-10,13-18H2/b11-5+,12-6+. The summed E-state index contributed by atoms with van der Waals surface area (Å²) in [5.41, 5.74) is 0. The molecule has 0 spiro atoms. The van der Waals surface area contributed by atoms with Crippen LogP contribution < -0.4 is 0 Å². The Kier molecular flexibility index (Phi) is 8.24. The first-order valence-electron chi connectivity index (χ1n) is 12.3. The van der Waals surface area contributed by atoms with E-state index in [0.717, 1.165) is 45.2 Å². The lowest BCUT2D eigenvalue weighted by molar-refractivity contribution is 0.0924. The van der Waals surface area contributed by atoms with Crippen molar-refractivity contribution in [3.8, 4) is 0 Å². The monoisotopic (exact) mass is 510 g/mol. The molecule has 0 aromatic rings. The summed E-state index contributed by atoms with van der Waals surface area (Å²) in [6.45, 7) is 0. The van der Waals surface area contributed by atoms with Gasteiger partial charge in [0.05, 0.1) is 0 Å². The highest BCUT2D eigenvalue weighted by Gasteiger charge is 2.38. The van der Waals surface area contributed by atoms with Gasteiger partial charge >= 0.3 is 0 Å². The molecule has 4 atom stereocenters. The molecule has 158 valence electrons. The molecule has 0 saturated heterocycles. The number of halogens is 2. The second kappa shape index (κ2) is 10.7. The zero-order chi connectivity index (χ0) is 19.3. The Morgan fingerprint density at radius 1 is 0.429 bits per heavy atom. The third kappa shape index (κ3) is 5.77. The SMILES string of the molecule is BrC1CCC(/C=C/C2CCC(/C=C/C3CCC(Br)CC3)C3CCCCC23)CC1. The van der Waals surface area contributed by atoms with Crippen LogP contribution in [0.5, 0.6) is 0 Å². The van der Waals surface area contributed by atoms with Crippen LogP contribution in [0.4, 0.5) is 0 Å². The average Bonchev–Trinajstić information content (AvgIpc) is 2.73. The van der Waals surface area contributed by atoms with Crippen LogP contribution in [0, 0.1) is 35.5 Å². The minimum absolute atomic E-state index is 0.784. The molecular formula is C26H40Br2. The molecule has 4 unspecified atom stereocenters. The lowest BCUT2D eigenvalue weighted by Gasteiger charge is -2.44. The zero-order valence-electron chi connectivity index (χ0n) is 17.6. The maximum atomic E-state index is 3.81. The topological polar surface area (TPSA) is 0 Å². The summed E-state index contributed by atoms with van der Waals surface area (Å²) in [4.78, 5) is 1.57. The van der Waals surface area contributed by atoms with Gasteiger partial charge in [0.1, 0.15) is 0 Å². The fraction of sp³-hybridized carbons (Fsp3) is 0.846. The molecular weight excluding hydrogens is 472 g/mol. The fourth-order valence-electron chi connectivity index (χ4n) is 6.68. The predicted molar refractivity (Wildman–Crippen MR) is 129 cm³/mol. The van der Waals surface area contributed by atoms with Gasteiger partial charge < -0.3 is 0 Å². The van der Waals surface area contributed by atoms with Crippen LogP contribution >= 0.6 is 31.9 Å². The van der Waals surface area contributed by atoms with Gasteiger partial charge in [0.15, 0.2) is 0 Å². The van der Waals surface area contributed by atoms with Crippen LogP contribution in [0.2, 0.25) is 0 Å². The summed E-state index contributed by atoms with van der Waals surface area (Å²) < 4.78 is 0. The van der Waals surface area contributed by atoms with Crippen molar-refractivity contribution in [1.82, 2.24) is 0 Å². The summed E-state index contributed by atoms with van der Waals surface area (Å²) in [7, 11) is 0. The number of alkyl halides is 2. The van der Waals surface area contributed by atoms with E-state index in [-0.39, 0.29) is 0 Å². The Labute approximate surface area is 190 Å². The second-order valence-electron chi connectivity index (χ2n) is 10.3. The van der Waals surface area contributed by atoms with Crippen LogP contribution in [0.3, 0.4) is 0 Å². The Morgan fingerprint density at radius 3 is 1.21 bits per heavy atom. The molecule has 28 heavy (non-hydrogen) atoms. The summed E-state index contributed by atoms with van der Waals surface area (Å²) in [6.07, 6.45) is 30.6. The third-order valence-electron chi connectivity index (χ3n) is 8.47. The molecule has 2 heteroatoms. The second-order valence-corrected chi connectivity index (χ2v) is 12.9. The lowest BCUT2D eigenvalue weighted by Crippen LogP contribution is -2.35. The maximum Gasteiger partial charge on any atom is 0.0146 e. The van der Waals surface area contributed by atoms with E-state index in [1.807, 2.05) is 0 Å². The molecule has 0 amide bonds. The molecule has 0 N–H and O–H groups in total. The van der Waals surface area contributed by atoms with Gasteiger partial charge in [-0.05, 0) is 113 Å². The van der Waals surface area contributed by atoms with Crippen molar-refractivity contribution in [3.05, 3.63) is 24.3 Å². The lowest BCUT2D eigenvalue weighted by atomic mass is 9.60. The van der Waals surface area contributed by atoms with Crippen molar-refractivity contribution in [3.63, 3.8) is 0 Å². The van der Waals surface area contributed by atoms with E-state index in [2.05, 4.69) is 56.2 Å². The van der Waals surface area contributed by atoms with Gasteiger partial charge in [0.25, 0.3) is 0 Å². The molecule has 0 aromatic heterocycles. The Morgan fingerprint density at radius 2 is 0.821 bits per heavy atom. The number of hydrogen-bond donors (Lipinski definition) is 0. The molecule has 4 rings (SSSR count). The van der Waals surface area contributed by atoms with E-state index >= 15 is 0 Å². The van der Waals surface area contributed by atoms with Crippen molar-refractivity contribution in [1.29, 1.82) is 0 Å². The Bertz CT molecular complexity index is 475. The van der Waals surface area contributed by atoms with Crippen LogP contribution in [0.1, 0.15) is 89.9 Å². The van der Waals surface area contributed by atoms with E-state index < -0.39 is 0 Å². The zero-order valence-corrected chi connectivity index (χ0v) is 20.8. The van der Waals surface area contributed by atoms with Gasteiger partial charge in [-0.1, -0.05) is 69.0 Å².